The Morgan fingerprint density at radius 1 is 1.15 bits per heavy atom. The molecule has 5 rings (SSSR count). The Kier molecular flexibility index (Phi) is 6.01. The summed E-state index contributed by atoms with van der Waals surface area (Å²) >= 11 is 0. The predicted molar refractivity (Wildman–Crippen MR) is 124 cm³/mol. The number of aryl methyl sites for hydroxylation is 2. The number of halogens is 2. The van der Waals surface area contributed by atoms with Gasteiger partial charge in [0.1, 0.15) is 23.3 Å². The van der Waals surface area contributed by atoms with Crippen molar-refractivity contribution in [2.75, 3.05) is 31.6 Å². The summed E-state index contributed by atoms with van der Waals surface area (Å²) in [5.74, 6) is -0.248. The van der Waals surface area contributed by atoms with Crippen molar-refractivity contribution in [3.8, 4) is 0 Å². The highest BCUT2D eigenvalue weighted by atomic mass is 19.1. The van der Waals surface area contributed by atoms with Gasteiger partial charge in [0, 0.05) is 56.5 Å². The molecule has 4 aromatic rings. The van der Waals surface area contributed by atoms with E-state index < -0.39 is 11.6 Å². The monoisotopic (exact) mass is 467 g/mol. The number of hydrogen-bond donors (Lipinski definition) is 1. The van der Waals surface area contributed by atoms with E-state index in [-0.39, 0.29) is 5.92 Å². The number of aromatic nitrogens is 5. The van der Waals surface area contributed by atoms with E-state index in [1.165, 1.54) is 12.1 Å². The van der Waals surface area contributed by atoms with Crippen molar-refractivity contribution < 1.29 is 13.5 Å². The van der Waals surface area contributed by atoms with Crippen LogP contribution in [0.5, 0.6) is 0 Å². The summed E-state index contributed by atoms with van der Waals surface area (Å²) in [4.78, 5) is 11.5. The first kappa shape index (κ1) is 22.4. The zero-order chi connectivity index (χ0) is 23.8. The molecule has 1 aliphatic rings. The molecule has 1 saturated heterocycles. The number of imidazole rings is 1. The van der Waals surface area contributed by atoms with Crippen molar-refractivity contribution >= 4 is 17.3 Å². The smallest absolute Gasteiger partial charge is 0.161 e. The van der Waals surface area contributed by atoms with Crippen LogP contribution in [0.25, 0.3) is 5.65 Å². The fraction of sp³-hybridized carbons (Fsp3) is 0.375. The van der Waals surface area contributed by atoms with Gasteiger partial charge in [0.05, 0.1) is 30.9 Å². The maximum atomic E-state index is 14.7. The highest BCUT2D eigenvalue weighted by Crippen LogP contribution is 2.33. The van der Waals surface area contributed by atoms with Gasteiger partial charge >= 0.3 is 0 Å². The minimum Gasteiger partial charge on any atom is -0.379 e. The summed E-state index contributed by atoms with van der Waals surface area (Å²) in [6.45, 7) is 7.50. The molecule has 1 N–H and O–H groups in total. The summed E-state index contributed by atoms with van der Waals surface area (Å²) in [6.07, 6.45) is 3.58. The van der Waals surface area contributed by atoms with Crippen molar-refractivity contribution in [2.45, 2.75) is 26.3 Å². The molecule has 0 amide bonds. The molecule has 4 heterocycles. The Morgan fingerprint density at radius 3 is 2.65 bits per heavy atom. The van der Waals surface area contributed by atoms with E-state index in [0.29, 0.717) is 42.6 Å². The number of anilines is 2. The van der Waals surface area contributed by atoms with Crippen LogP contribution in [-0.2, 0) is 18.3 Å². The lowest BCUT2D eigenvalue weighted by Gasteiger charge is -2.26. The molecule has 1 fully saturated rings. The summed E-state index contributed by atoms with van der Waals surface area (Å²) < 4.78 is 37.4. The lowest BCUT2D eigenvalue weighted by molar-refractivity contribution is 0.0334. The van der Waals surface area contributed by atoms with Crippen molar-refractivity contribution in [1.29, 1.82) is 0 Å². The third-order valence-corrected chi connectivity index (χ3v) is 6.20. The van der Waals surface area contributed by atoms with Gasteiger partial charge in [-0.2, -0.15) is 5.10 Å². The minimum atomic E-state index is -0.599. The maximum Gasteiger partial charge on any atom is 0.161 e. The Hall–Kier alpha value is -3.37. The molecule has 10 heteroatoms. The first-order chi connectivity index (χ1) is 16.4. The number of rotatable bonds is 6. The van der Waals surface area contributed by atoms with Crippen LogP contribution in [0.4, 0.5) is 20.4 Å². The fourth-order valence-electron chi connectivity index (χ4n) is 4.49. The third kappa shape index (κ3) is 4.38. The average molecular weight is 468 g/mol. The molecule has 0 saturated carbocycles. The Balaban J connectivity index is 1.61. The number of ether oxygens (including phenoxy) is 1. The quantitative estimate of drug-likeness (QED) is 0.465. The third-order valence-electron chi connectivity index (χ3n) is 6.20. The standard InChI is InChI=1S/C24H27F2N7O/c1-15(19-5-4-17(25)10-20(19)26)23-16(2)30-33-18(12-32-6-8-34-9-7-32)11-21(29-24(23)33)28-22-13-31(3)14-27-22/h4-5,10-11,13-15H,6-9,12H2,1-3H3,(H,28,29)/t15-/m1/s1. The normalized spacial score (nSPS) is 15.7. The van der Waals surface area contributed by atoms with E-state index >= 15 is 0 Å². The molecule has 0 radical (unpaired) electrons. The molecule has 1 aromatic carbocycles. The van der Waals surface area contributed by atoms with Crippen LogP contribution in [0.3, 0.4) is 0 Å². The van der Waals surface area contributed by atoms with Gasteiger partial charge in [0.15, 0.2) is 5.65 Å². The second-order valence-electron chi connectivity index (χ2n) is 8.69. The topological polar surface area (TPSA) is 72.5 Å². The highest BCUT2D eigenvalue weighted by Gasteiger charge is 2.24. The van der Waals surface area contributed by atoms with E-state index in [1.807, 2.05) is 42.2 Å². The van der Waals surface area contributed by atoms with E-state index in [9.17, 15) is 8.78 Å². The first-order valence-electron chi connectivity index (χ1n) is 11.3. The second-order valence-corrected chi connectivity index (χ2v) is 8.69. The Morgan fingerprint density at radius 2 is 1.94 bits per heavy atom. The minimum absolute atomic E-state index is 0.369. The number of hydrogen-bond acceptors (Lipinski definition) is 6. The van der Waals surface area contributed by atoms with Gasteiger partial charge in [-0.05, 0) is 18.6 Å². The van der Waals surface area contributed by atoms with Gasteiger partial charge in [0.2, 0.25) is 0 Å². The lowest BCUT2D eigenvalue weighted by atomic mass is 9.92. The largest absolute Gasteiger partial charge is 0.379 e. The van der Waals surface area contributed by atoms with Gasteiger partial charge in [0.25, 0.3) is 0 Å². The number of benzene rings is 1. The number of nitrogens with one attached hydrogen (secondary N) is 1. The van der Waals surface area contributed by atoms with E-state index in [4.69, 9.17) is 14.8 Å². The Bertz CT molecular complexity index is 1330. The maximum absolute atomic E-state index is 14.7. The molecule has 8 nitrogen and oxygen atoms in total. The van der Waals surface area contributed by atoms with Gasteiger partial charge in [-0.15, -0.1) is 0 Å². The fourth-order valence-corrected chi connectivity index (χ4v) is 4.49. The molecular formula is C24H27F2N7O. The Labute approximate surface area is 196 Å². The van der Waals surface area contributed by atoms with Gasteiger partial charge in [-0.1, -0.05) is 13.0 Å². The summed E-state index contributed by atoms with van der Waals surface area (Å²) in [5, 5.41) is 8.05. The SMILES string of the molecule is Cc1nn2c(CN3CCOCC3)cc(Nc3cn(C)cn3)nc2c1[C@H](C)c1ccc(F)cc1F. The molecule has 0 spiro atoms. The van der Waals surface area contributed by atoms with Crippen LogP contribution in [0.1, 0.15) is 35.4 Å². The number of morpholine rings is 1. The molecule has 0 aliphatic carbocycles. The molecule has 0 unspecified atom stereocenters. The van der Waals surface area contributed by atoms with Crippen molar-refractivity contribution in [3.63, 3.8) is 0 Å². The molecule has 1 atom stereocenters. The summed E-state index contributed by atoms with van der Waals surface area (Å²) in [5.41, 5.74) is 3.55. The molecule has 0 bridgehead atoms. The van der Waals surface area contributed by atoms with Crippen LogP contribution in [0.15, 0.2) is 36.8 Å². The van der Waals surface area contributed by atoms with Crippen molar-refractivity contribution in [1.82, 2.24) is 29.0 Å². The van der Waals surface area contributed by atoms with Gasteiger partial charge in [-0.3, -0.25) is 4.90 Å². The predicted octanol–water partition coefficient (Wildman–Crippen LogP) is 3.78. The zero-order valence-corrected chi connectivity index (χ0v) is 19.4. The van der Waals surface area contributed by atoms with Crippen LogP contribution in [-0.4, -0.2) is 55.4 Å². The molecule has 3 aromatic heterocycles. The highest BCUT2D eigenvalue weighted by molar-refractivity contribution is 5.61. The van der Waals surface area contributed by atoms with Crippen molar-refractivity contribution in [3.05, 3.63) is 70.9 Å². The van der Waals surface area contributed by atoms with Crippen LogP contribution in [0.2, 0.25) is 0 Å². The first-order valence-corrected chi connectivity index (χ1v) is 11.3. The number of nitrogens with zero attached hydrogens (tertiary/aromatic N) is 6. The van der Waals surface area contributed by atoms with Gasteiger partial charge < -0.3 is 14.6 Å². The lowest BCUT2D eigenvalue weighted by Crippen LogP contribution is -2.36. The summed E-state index contributed by atoms with van der Waals surface area (Å²) in [7, 11) is 1.90. The van der Waals surface area contributed by atoms with Gasteiger partial charge in [-0.25, -0.2) is 23.3 Å². The molecule has 178 valence electrons. The molecular weight excluding hydrogens is 440 g/mol. The van der Waals surface area contributed by atoms with Crippen molar-refractivity contribution in [2.24, 2.45) is 7.05 Å². The van der Waals surface area contributed by atoms with Crippen LogP contribution >= 0.6 is 0 Å². The summed E-state index contributed by atoms with van der Waals surface area (Å²) in [6, 6.07) is 5.65. The van der Waals surface area contributed by atoms with Crippen LogP contribution < -0.4 is 5.32 Å². The number of fused-ring (bicyclic) bond motifs is 1. The van der Waals surface area contributed by atoms with E-state index in [2.05, 4.69) is 15.2 Å². The second kappa shape index (κ2) is 9.11. The average Bonchev–Trinajstić information content (AvgIpc) is 3.36. The van der Waals surface area contributed by atoms with E-state index in [0.717, 1.165) is 36.1 Å². The van der Waals surface area contributed by atoms with Crippen LogP contribution in [0, 0.1) is 18.6 Å². The van der Waals surface area contributed by atoms with E-state index in [1.54, 1.807) is 6.33 Å². The molecule has 1 aliphatic heterocycles. The zero-order valence-electron chi connectivity index (χ0n) is 19.4. The molecule has 34 heavy (non-hydrogen) atoms.